The molecule has 0 bridgehead atoms. The van der Waals surface area contributed by atoms with Gasteiger partial charge in [-0.05, 0) is 58.7 Å². The molecule has 0 aliphatic carbocycles. The zero-order valence-corrected chi connectivity index (χ0v) is 14.4. The third-order valence-electron chi connectivity index (χ3n) is 3.07. The zero-order valence-electron chi connectivity index (χ0n) is 12.0. The summed E-state index contributed by atoms with van der Waals surface area (Å²) in [6.45, 7) is 3.27. The standard InChI is InChI=1S/C16H14BrClN2O2/c1-9-14(19-10(2)21)4-3-5-15(9)20-16(22)12-8-11(18)6-7-13(12)17/h3-8H,1-2H3,(H,19,21)(H,20,22). The summed E-state index contributed by atoms with van der Waals surface area (Å²) in [4.78, 5) is 23.6. The van der Waals surface area contributed by atoms with E-state index >= 15 is 0 Å². The first kappa shape index (κ1) is 16.5. The average Bonchev–Trinajstić information content (AvgIpc) is 2.45. The van der Waals surface area contributed by atoms with Crippen molar-refractivity contribution < 1.29 is 9.59 Å². The van der Waals surface area contributed by atoms with Crippen molar-refractivity contribution in [2.45, 2.75) is 13.8 Å². The summed E-state index contributed by atoms with van der Waals surface area (Å²) in [5.74, 6) is -0.443. The Balaban J connectivity index is 2.29. The van der Waals surface area contributed by atoms with Gasteiger partial charge in [0.1, 0.15) is 0 Å². The fourth-order valence-corrected chi connectivity index (χ4v) is 2.56. The van der Waals surface area contributed by atoms with E-state index in [-0.39, 0.29) is 11.8 Å². The van der Waals surface area contributed by atoms with E-state index in [9.17, 15) is 9.59 Å². The molecule has 0 aromatic heterocycles. The van der Waals surface area contributed by atoms with Gasteiger partial charge in [0, 0.05) is 27.8 Å². The molecule has 2 aromatic rings. The SMILES string of the molecule is CC(=O)Nc1cccc(NC(=O)c2cc(Cl)ccc2Br)c1C. The van der Waals surface area contributed by atoms with Crippen molar-refractivity contribution in [1.82, 2.24) is 0 Å². The molecular weight excluding hydrogens is 368 g/mol. The molecule has 0 aliphatic rings. The van der Waals surface area contributed by atoms with Crippen molar-refractivity contribution in [2.24, 2.45) is 0 Å². The molecule has 2 aromatic carbocycles. The van der Waals surface area contributed by atoms with Gasteiger partial charge in [-0.2, -0.15) is 0 Å². The predicted molar refractivity (Wildman–Crippen MR) is 92.6 cm³/mol. The van der Waals surface area contributed by atoms with Crippen LogP contribution < -0.4 is 10.6 Å². The van der Waals surface area contributed by atoms with Gasteiger partial charge in [0.05, 0.1) is 5.56 Å². The van der Waals surface area contributed by atoms with Crippen LogP contribution in [-0.2, 0) is 4.79 Å². The van der Waals surface area contributed by atoms with Crippen LogP contribution in [0.25, 0.3) is 0 Å². The number of nitrogens with one attached hydrogen (secondary N) is 2. The number of rotatable bonds is 3. The van der Waals surface area contributed by atoms with Gasteiger partial charge in [-0.25, -0.2) is 0 Å². The first-order valence-corrected chi connectivity index (χ1v) is 7.69. The number of hydrogen-bond acceptors (Lipinski definition) is 2. The second-order valence-electron chi connectivity index (χ2n) is 4.74. The Kier molecular flexibility index (Phi) is 5.21. The largest absolute Gasteiger partial charge is 0.326 e. The van der Waals surface area contributed by atoms with E-state index in [0.29, 0.717) is 26.4 Å². The molecule has 2 amide bonds. The van der Waals surface area contributed by atoms with Gasteiger partial charge in [0.2, 0.25) is 5.91 Å². The smallest absolute Gasteiger partial charge is 0.256 e. The minimum atomic E-state index is -0.280. The van der Waals surface area contributed by atoms with Crippen molar-refractivity contribution in [3.63, 3.8) is 0 Å². The van der Waals surface area contributed by atoms with Crippen molar-refractivity contribution >= 4 is 50.7 Å². The number of halogens is 2. The summed E-state index contributed by atoms with van der Waals surface area (Å²) >= 11 is 9.26. The highest BCUT2D eigenvalue weighted by molar-refractivity contribution is 9.10. The van der Waals surface area contributed by atoms with Crippen LogP contribution >= 0.6 is 27.5 Å². The maximum absolute atomic E-state index is 12.4. The van der Waals surface area contributed by atoms with Gasteiger partial charge < -0.3 is 10.6 Å². The van der Waals surface area contributed by atoms with Crippen LogP contribution in [0.5, 0.6) is 0 Å². The van der Waals surface area contributed by atoms with Crippen LogP contribution in [0.1, 0.15) is 22.8 Å². The van der Waals surface area contributed by atoms with Crippen LogP contribution in [0.2, 0.25) is 5.02 Å². The van der Waals surface area contributed by atoms with Crippen molar-refractivity contribution in [3.05, 3.63) is 57.0 Å². The second kappa shape index (κ2) is 6.94. The molecule has 114 valence electrons. The molecule has 0 saturated carbocycles. The molecule has 0 radical (unpaired) electrons. The average molecular weight is 382 g/mol. The van der Waals surface area contributed by atoms with Crippen LogP contribution in [0.4, 0.5) is 11.4 Å². The van der Waals surface area contributed by atoms with Gasteiger partial charge >= 0.3 is 0 Å². The molecule has 0 fully saturated rings. The molecule has 22 heavy (non-hydrogen) atoms. The summed E-state index contributed by atoms with van der Waals surface area (Å²) in [5.41, 5.74) is 2.51. The minimum Gasteiger partial charge on any atom is -0.326 e. The van der Waals surface area contributed by atoms with E-state index in [0.717, 1.165) is 5.56 Å². The first-order valence-electron chi connectivity index (χ1n) is 6.52. The Hall–Kier alpha value is -1.85. The maximum atomic E-state index is 12.4. The van der Waals surface area contributed by atoms with E-state index < -0.39 is 0 Å². The Morgan fingerprint density at radius 2 is 1.73 bits per heavy atom. The third kappa shape index (κ3) is 3.87. The van der Waals surface area contributed by atoms with Gasteiger partial charge in [0.25, 0.3) is 5.91 Å². The summed E-state index contributed by atoms with van der Waals surface area (Å²) in [7, 11) is 0. The van der Waals surface area contributed by atoms with E-state index in [1.54, 1.807) is 36.4 Å². The molecule has 2 N–H and O–H groups in total. The molecule has 0 atom stereocenters. The third-order valence-corrected chi connectivity index (χ3v) is 3.99. The highest BCUT2D eigenvalue weighted by Crippen LogP contribution is 2.26. The van der Waals surface area contributed by atoms with Crippen molar-refractivity contribution in [1.29, 1.82) is 0 Å². The highest BCUT2D eigenvalue weighted by atomic mass is 79.9. The van der Waals surface area contributed by atoms with Crippen molar-refractivity contribution in [3.8, 4) is 0 Å². The Morgan fingerprint density at radius 3 is 2.36 bits per heavy atom. The molecule has 6 heteroatoms. The molecule has 0 aliphatic heterocycles. The van der Waals surface area contributed by atoms with Crippen LogP contribution in [0.3, 0.4) is 0 Å². The Labute approximate surface area is 142 Å². The van der Waals surface area contributed by atoms with Crippen LogP contribution in [0.15, 0.2) is 40.9 Å². The Morgan fingerprint density at radius 1 is 1.09 bits per heavy atom. The summed E-state index contributed by atoms with van der Waals surface area (Å²) < 4.78 is 0.657. The molecular formula is C16H14BrClN2O2. The van der Waals surface area contributed by atoms with E-state index in [1.165, 1.54) is 6.92 Å². The van der Waals surface area contributed by atoms with Gasteiger partial charge in [0.15, 0.2) is 0 Å². The summed E-state index contributed by atoms with van der Waals surface area (Å²) in [5, 5.41) is 6.04. The van der Waals surface area contributed by atoms with Crippen molar-refractivity contribution in [2.75, 3.05) is 10.6 Å². The molecule has 0 heterocycles. The number of hydrogen-bond donors (Lipinski definition) is 2. The number of anilines is 2. The van der Waals surface area contributed by atoms with Crippen LogP contribution in [-0.4, -0.2) is 11.8 Å². The fourth-order valence-electron chi connectivity index (χ4n) is 1.96. The van der Waals surface area contributed by atoms with Gasteiger partial charge in [-0.3, -0.25) is 9.59 Å². The highest BCUT2D eigenvalue weighted by Gasteiger charge is 2.13. The lowest BCUT2D eigenvalue weighted by Gasteiger charge is -2.13. The fraction of sp³-hybridized carbons (Fsp3) is 0.125. The second-order valence-corrected chi connectivity index (χ2v) is 6.03. The van der Waals surface area contributed by atoms with Crippen LogP contribution in [0, 0.1) is 6.92 Å². The lowest BCUT2D eigenvalue weighted by molar-refractivity contribution is -0.114. The first-order chi connectivity index (χ1) is 10.4. The quantitative estimate of drug-likeness (QED) is 0.815. The number of carbonyl (C=O) groups is 2. The molecule has 0 spiro atoms. The Bertz CT molecular complexity index is 747. The van der Waals surface area contributed by atoms with Gasteiger partial charge in [-0.15, -0.1) is 0 Å². The molecule has 2 rings (SSSR count). The minimum absolute atomic E-state index is 0.163. The zero-order chi connectivity index (χ0) is 16.3. The van der Waals surface area contributed by atoms with Gasteiger partial charge in [-0.1, -0.05) is 17.7 Å². The predicted octanol–water partition coefficient (Wildman–Crippen LogP) is 4.62. The lowest BCUT2D eigenvalue weighted by Crippen LogP contribution is -2.14. The monoisotopic (exact) mass is 380 g/mol. The number of benzene rings is 2. The molecule has 4 nitrogen and oxygen atoms in total. The summed E-state index contributed by atoms with van der Waals surface area (Å²) in [6.07, 6.45) is 0. The maximum Gasteiger partial charge on any atom is 0.256 e. The van der Waals surface area contributed by atoms with E-state index in [2.05, 4.69) is 26.6 Å². The summed E-state index contributed by atoms with van der Waals surface area (Å²) in [6, 6.07) is 10.3. The number of amides is 2. The van der Waals surface area contributed by atoms with E-state index in [1.807, 2.05) is 6.92 Å². The normalized spacial score (nSPS) is 10.2. The topological polar surface area (TPSA) is 58.2 Å². The van der Waals surface area contributed by atoms with E-state index in [4.69, 9.17) is 11.6 Å². The number of carbonyl (C=O) groups excluding carboxylic acids is 2. The molecule has 0 saturated heterocycles. The lowest BCUT2D eigenvalue weighted by atomic mass is 10.1. The molecule has 0 unspecified atom stereocenters.